The standard InChI is InChI=1S/C15H12N2O2/c18-15-14(12-7-3-1-4-8-12)17(16-11-19-15)13-9-5-2-6-10-13/h1-11,14H. The topological polar surface area (TPSA) is 41.9 Å². The molecule has 0 saturated carbocycles. The Balaban J connectivity index is 2.04. The predicted molar refractivity (Wildman–Crippen MR) is 72.7 cm³/mol. The van der Waals surface area contributed by atoms with E-state index in [-0.39, 0.29) is 5.97 Å². The summed E-state index contributed by atoms with van der Waals surface area (Å²) in [6, 6.07) is 18.5. The Bertz CT molecular complexity index is 596. The maximum Gasteiger partial charge on any atom is 0.341 e. The van der Waals surface area contributed by atoms with Crippen LogP contribution < -0.4 is 5.01 Å². The fourth-order valence-corrected chi connectivity index (χ4v) is 2.07. The molecule has 4 heteroatoms. The van der Waals surface area contributed by atoms with Gasteiger partial charge < -0.3 is 4.74 Å². The minimum absolute atomic E-state index is 0.329. The fourth-order valence-electron chi connectivity index (χ4n) is 2.07. The third-order valence-electron chi connectivity index (χ3n) is 2.94. The Morgan fingerprint density at radius 3 is 2.26 bits per heavy atom. The van der Waals surface area contributed by atoms with Crippen LogP contribution in [-0.2, 0) is 9.53 Å². The molecule has 4 nitrogen and oxygen atoms in total. The molecule has 0 amide bonds. The monoisotopic (exact) mass is 252 g/mol. The first-order valence-electron chi connectivity index (χ1n) is 5.98. The molecule has 1 atom stereocenters. The van der Waals surface area contributed by atoms with Gasteiger partial charge in [-0.3, -0.25) is 0 Å². The molecule has 0 fully saturated rings. The van der Waals surface area contributed by atoms with Crippen LogP contribution in [0.5, 0.6) is 0 Å². The molecular formula is C15H12N2O2. The van der Waals surface area contributed by atoms with Crippen molar-refractivity contribution >= 4 is 18.1 Å². The summed E-state index contributed by atoms with van der Waals surface area (Å²) in [6.07, 6.45) is 1.18. The van der Waals surface area contributed by atoms with Crippen molar-refractivity contribution in [3.63, 3.8) is 0 Å². The zero-order valence-electron chi connectivity index (χ0n) is 10.1. The number of hydrogen-bond donors (Lipinski definition) is 0. The minimum Gasteiger partial charge on any atom is -0.411 e. The average molecular weight is 252 g/mol. The summed E-state index contributed by atoms with van der Waals surface area (Å²) in [6.45, 7) is 0. The van der Waals surface area contributed by atoms with Crippen molar-refractivity contribution in [2.75, 3.05) is 5.01 Å². The summed E-state index contributed by atoms with van der Waals surface area (Å²) >= 11 is 0. The number of ether oxygens (including phenoxy) is 1. The average Bonchev–Trinajstić information content (AvgIpc) is 2.49. The van der Waals surface area contributed by atoms with E-state index in [1.54, 1.807) is 5.01 Å². The van der Waals surface area contributed by atoms with Gasteiger partial charge in [0.25, 0.3) is 0 Å². The number of rotatable bonds is 2. The van der Waals surface area contributed by atoms with Crippen LogP contribution in [0.3, 0.4) is 0 Å². The van der Waals surface area contributed by atoms with Crippen molar-refractivity contribution in [2.45, 2.75) is 6.04 Å². The van der Waals surface area contributed by atoms with E-state index in [1.807, 2.05) is 60.7 Å². The molecule has 2 aromatic rings. The molecule has 0 spiro atoms. The van der Waals surface area contributed by atoms with Crippen molar-refractivity contribution in [3.05, 3.63) is 66.2 Å². The van der Waals surface area contributed by atoms with Gasteiger partial charge >= 0.3 is 5.97 Å². The lowest BCUT2D eigenvalue weighted by molar-refractivity contribution is -0.137. The first kappa shape index (κ1) is 11.5. The molecule has 0 aliphatic carbocycles. The summed E-state index contributed by atoms with van der Waals surface area (Å²) in [5.74, 6) is -0.329. The molecular weight excluding hydrogens is 240 g/mol. The second-order valence-electron chi connectivity index (χ2n) is 4.15. The lowest BCUT2D eigenvalue weighted by atomic mass is 10.1. The van der Waals surface area contributed by atoms with Crippen LogP contribution in [0.1, 0.15) is 11.6 Å². The first-order valence-corrected chi connectivity index (χ1v) is 5.98. The third-order valence-corrected chi connectivity index (χ3v) is 2.94. The highest BCUT2D eigenvalue weighted by Gasteiger charge is 2.32. The van der Waals surface area contributed by atoms with Crippen LogP contribution in [-0.4, -0.2) is 12.4 Å². The van der Waals surface area contributed by atoms with Gasteiger partial charge in [-0.25, -0.2) is 9.80 Å². The second-order valence-corrected chi connectivity index (χ2v) is 4.15. The van der Waals surface area contributed by atoms with Gasteiger partial charge in [0.2, 0.25) is 6.40 Å². The number of anilines is 1. The minimum atomic E-state index is -0.548. The number of carbonyl (C=O) groups is 1. The van der Waals surface area contributed by atoms with E-state index < -0.39 is 6.04 Å². The maximum absolute atomic E-state index is 12.0. The number of nitrogens with zero attached hydrogens (tertiary/aromatic N) is 2. The summed E-state index contributed by atoms with van der Waals surface area (Å²) in [5, 5.41) is 5.84. The molecule has 0 aromatic heterocycles. The van der Waals surface area contributed by atoms with Gasteiger partial charge in [0.05, 0.1) is 5.69 Å². The molecule has 0 bridgehead atoms. The van der Waals surface area contributed by atoms with E-state index in [0.29, 0.717) is 0 Å². The maximum atomic E-state index is 12.0. The lowest BCUT2D eigenvalue weighted by Crippen LogP contribution is -2.35. The molecule has 2 aromatic carbocycles. The summed E-state index contributed by atoms with van der Waals surface area (Å²) in [5.41, 5.74) is 1.71. The van der Waals surface area contributed by atoms with Crippen LogP contribution in [0.4, 0.5) is 5.69 Å². The molecule has 1 aliphatic rings. The van der Waals surface area contributed by atoms with Crippen LogP contribution in [0.25, 0.3) is 0 Å². The summed E-state index contributed by atoms with van der Waals surface area (Å²) < 4.78 is 4.92. The zero-order valence-corrected chi connectivity index (χ0v) is 10.1. The van der Waals surface area contributed by atoms with Gasteiger partial charge in [-0.1, -0.05) is 48.5 Å². The Kier molecular flexibility index (Phi) is 2.98. The van der Waals surface area contributed by atoms with E-state index in [4.69, 9.17) is 4.74 Å². The number of hydrogen-bond acceptors (Lipinski definition) is 4. The number of carbonyl (C=O) groups excluding carboxylic acids is 1. The van der Waals surface area contributed by atoms with E-state index in [1.165, 1.54) is 6.40 Å². The van der Waals surface area contributed by atoms with Gasteiger partial charge in [0.15, 0.2) is 6.04 Å². The Hall–Kier alpha value is -2.62. The molecule has 19 heavy (non-hydrogen) atoms. The van der Waals surface area contributed by atoms with Crippen molar-refractivity contribution in [2.24, 2.45) is 5.10 Å². The summed E-state index contributed by atoms with van der Waals surface area (Å²) in [4.78, 5) is 12.0. The van der Waals surface area contributed by atoms with Crippen LogP contribution >= 0.6 is 0 Å². The molecule has 3 rings (SSSR count). The Labute approximate surface area is 110 Å². The first-order chi connectivity index (χ1) is 9.36. The normalized spacial score (nSPS) is 18.2. The fraction of sp³-hybridized carbons (Fsp3) is 0.0667. The Morgan fingerprint density at radius 2 is 1.58 bits per heavy atom. The van der Waals surface area contributed by atoms with E-state index in [9.17, 15) is 4.79 Å². The van der Waals surface area contributed by atoms with Gasteiger partial charge in [-0.15, -0.1) is 5.10 Å². The van der Waals surface area contributed by atoms with Gasteiger partial charge in [0, 0.05) is 0 Å². The molecule has 1 heterocycles. The van der Waals surface area contributed by atoms with Crippen molar-refractivity contribution in [1.29, 1.82) is 0 Å². The highest BCUT2D eigenvalue weighted by molar-refractivity contribution is 5.89. The molecule has 1 aliphatic heterocycles. The van der Waals surface area contributed by atoms with Gasteiger partial charge in [-0.2, -0.15) is 0 Å². The van der Waals surface area contributed by atoms with Gasteiger partial charge in [0.1, 0.15) is 0 Å². The zero-order chi connectivity index (χ0) is 13.1. The molecule has 0 saturated heterocycles. The highest BCUT2D eigenvalue weighted by Crippen LogP contribution is 2.30. The van der Waals surface area contributed by atoms with E-state index >= 15 is 0 Å². The molecule has 1 unspecified atom stereocenters. The largest absolute Gasteiger partial charge is 0.411 e. The number of benzene rings is 2. The van der Waals surface area contributed by atoms with Gasteiger partial charge in [-0.05, 0) is 17.7 Å². The van der Waals surface area contributed by atoms with E-state index in [2.05, 4.69) is 5.10 Å². The predicted octanol–water partition coefficient (Wildman–Crippen LogP) is 2.73. The highest BCUT2D eigenvalue weighted by atomic mass is 16.5. The number of para-hydroxylation sites is 1. The SMILES string of the molecule is O=C1OC=NN(c2ccccc2)C1c1ccccc1. The number of cyclic esters (lactones) is 1. The molecule has 0 N–H and O–H groups in total. The smallest absolute Gasteiger partial charge is 0.341 e. The van der Waals surface area contributed by atoms with Crippen molar-refractivity contribution in [1.82, 2.24) is 0 Å². The third kappa shape index (κ3) is 2.20. The van der Waals surface area contributed by atoms with Crippen LogP contribution in [0, 0.1) is 0 Å². The number of esters is 1. The summed E-state index contributed by atoms with van der Waals surface area (Å²) in [7, 11) is 0. The molecule has 94 valence electrons. The Morgan fingerprint density at radius 1 is 0.947 bits per heavy atom. The van der Waals surface area contributed by atoms with Crippen LogP contribution in [0.2, 0.25) is 0 Å². The number of hydrazone groups is 1. The lowest BCUT2D eigenvalue weighted by Gasteiger charge is -2.29. The quantitative estimate of drug-likeness (QED) is 0.772. The second kappa shape index (κ2) is 4.94. The van der Waals surface area contributed by atoms with Crippen molar-refractivity contribution < 1.29 is 9.53 Å². The van der Waals surface area contributed by atoms with Crippen molar-refractivity contribution in [3.8, 4) is 0 Å². The van der Waals surface area contributed by atoms with E-state index in [0.717, 1.165) is 11.3 Å². The van der Waals surface area contributed by atoms with Crippen LogP contribution in [0.15, 0.2) is 65.8 Å². The molecule has 0 radical (unpaired) electrons.